The van der Waals surface area contributed by atoms with Crippen molar-refractivity contribution in [3.63, 3.8) is 0 Å². The van der Waals surface area contributed by atoms with Crippen LogP contribution in [0.15, 0.2) is 0 Å². The van der Waals surface area contributed by atoms with Crippen molar-refractivity contribution in [2.75, 3.05) is 13.2 Å². The lowest BCUT2D eigenvalue weighted by Gasteiger charge is -2.40. The molecular formula is C42H83NO10. The Labute approximate surface area is 322 Å². The number of carbonyl (C=O) groups is 1. The standard InChI is InChI=1S/C42H83NO10/c1-3-5-7-9-11-12-13-14-15-16-17-18-19-20-21-22-23-24-26-28-30-35(46)41(51)43-33(37(47)34(45)29-27-25-10-8-6-4-2)32-52-42-40(50)39(49)38(48)36(31-44)53-42/h33-40,42,44-50H,3-32H2,1-2H3,(H,43,51). The lowest BCUT2D eigenvalue weighted by Crippen LogP contribution is -2.60. The fourth-order valence-electron chi connectivity index (χ4n) is 7.20. The third-order valence-electron chi connectivity index (χ3n) is 10.9. The minimum atomic E-state index is -1.65. The highest BCUT2D eigenvalue weighted by molar-refractivity contribution is 5.80. The highest BCUT2D eigenvalue weighted by atomic mass is 16.7. The molecule has 11 nitrogen and oxygen atoms in total. The zero-order valence-corrected chi connectivity index (χ0v) is 33.8. The molecule has 0 aliphatic carbocycles. The number of nitrogens with one attached hydrogen (secondary N) is 1. The summed E-state index contributed by atoms with van der Waals surface area (Å²) >= 11 is 0. The summed E-state index contributed by atoms with van der Waals surface area (Å²) < 4.78 is 11.0. The number of unbranched alkanes of at least 4 members (excludes halogenated alkanes) is 24. The van der Waals surface area contributed by atoms with E-state index < -0.39 is 74.2 Å². The monoisotopic (exact) mass is 762 g/mol. The van der Waals surface area contributed by atoms with Gasteiger partial charge in [-0.05, 0) is 12.8 Å². The Morgan fingerprint density at radius 2 is 0.981 bits per heavy atom. The summed E-state index contributed by atoms with van der Waals surface area (Å²) in [5, 5.41) is 75.1. The molecule has 9 unspecified atom stereocenters. The summed E-state index contributed by atoms with van der Waals surface area (Å²) in [6.07, 6.45) is 20.6. The zero-order valence-electron chi connectivity index (χ0n) is 33.8. The van der Waals surface area contributed by atoms with Gasteiger partial charge in [0.1, 0.15) is 36.6 Å². The number of carbonyl (C=O) groups excluding carboxylic acids is 1. The molecule has 1 aliphatic heterocycles. The lowest BCUT2D eigenvalue weighted by molar-refractivity contribution is -0.303. The first-order valence-corrected chi connectivity index (χ1v) is 21.9. The van der Waals surface area contributed by atoms with Gasteiger partial charge < -0.3 is 50.5 Å². The van der Waals surface area contributed by atoms with Crippen molar-refractivity contribution in [3.05, 3.63) is 0 Å². The molecule has 0 aromatic rings. The minimum absolute atomic E-state index is 0.265. The summed E-state index contributed by atoms with van der Waals surface area (Å²) in [5.74, 6) is -0.698. The van der Waals surface area contributed by atoms with Crippen molar-refractivity contribution in [1.82, 2.24) is 5.32 Å². The predicted octanol–water partition coefficient (Wildman–Crippen LogP) is 6.33. The number of ether oxygens (including phenoxy) is 2. The van der Waals surface area contributed by atoms with Gasteiger partial charge in [0.2, 0.25) is 5.91 Å². The van der Waals surface area contributed by atoms with Crippen molar-refractivity contribution in [2.24, 2.45) is 0 Å². The first kappa shape index (κ1) is 50.1. The largest absolute Gasteiger partial charge is 0.394 e. The van der Waals surface area contributed by atoms with E-state index in [1.807, 2.05) is 0 Å². The molecule has 8 N–H and O–H groups in total. The lowest BCUT2D eigenvalue weighted by atomic mass is 9.98. The first-order valence-electron chi connectivity index (χ1n) is 21.9. The zero-order chi connectivity index (χ0) is 39.1. The van der Waals surface area contributed by atoms with Crippen LogP contribution in [0, 0.1) is 0 Å². The summed E-state index contributed by atoms with van der Waals surface area (Å²) in [5.41, 5.74) is 0. The van der Waals surface area contributed by atoms with Gasteiger partial charge in [0, 0.05) is 0 Å². The molecule has 11 heteroatoms. The molecule has 0 saturated carbocycles. The summed E-state index contributed by atoms with van der Waals surface area (Å²) in [4.78, 5) is 13.0. The van der Waals surface area contributed by atoms with Crippen molar-refractivity contribution in [2.45, 2.75) is 249 Å². The van der Waals surface area contributed by atoms with Gasteiger partial charge in [0.15, 0.2) is 6.29 Å². The Morgan fingerprint density at radius 3 is 1.40 bits per heavy atom. The van der Waals surface area contributed by atoms with E-state index in [1.165, 1.54) is 103 Å². The van der Waals surface area contributed by atoms with Crippen LogP contribution in [0.2, 0.25) is 0 Å². The number of amides is 1. The van der Waals surface area contributed by atoms with Gasteiger partial charge in [-0.2, -0.15) is 0 Å². The number of hydrogen-bond donors (Lipinski definition) is 8. The van der Waals surface area contributed by atoms with Gasteiger partial charge in [-0.1, -0.05) is 181 Å². The molecule has 53 heavy (non-hydrogen) atoms. The number of rotatable bonds is 36. The van der Waals surface area contributed by atoms with Crippen LogP contribution in [-0.4, -0.2) is 110 Å². The normalized spacial score (nSPS) is 22.8. The van der Waals surface area contributed by atoms with Gasteiger partial charge in [-0.25, -0.2) is 0 Å². The molecule has 0 radical (unpaired) electrons. The molecule has 0 aromatic carbocycles. The Balaban J connectivity index is 2.33. The molecule has 0 spiro atoms. The molecular weight excluding hydrogens is 678 g/mol. The minimum Gasteiger partial charge on any atom is -0.394 e. The second kappa shape index (κ2) is 33.3. The van der Waals surface area contributed by atoms with Crippen molar-refractivity contribution in [1.29, 1.82) is 0 Å². The molecule has 1 saturated heterocycles. The third kappa shape index (κ3) is 23.7. The van der Waals surface area contributed by atoms with E-state index in [-0.39, 0.29) is 6.42 Å². The predicted molar refractivity (Wildman–Crippen MR) is 210 cm³/mol. The SMILES string of the molecule is CCCCCCCCCCCCCCCCCCCCCCC(O)C(=O)NC(COC1OC(CO)C(O)C(O)C1O)C(O)C(O)CCCCCCCC. The van der Waals surface area contributed by atoms with E-state index in [0.717, 1.165) is 51.4 Å². The van der Waals surface area contributed by atoms with E-state index in [1.54, 1.807) is 0 Å². The molecule has 1 heterocycles. The van der Waals surface area contributed by atoms with Crippen LogP contribution in [0.1, 0.15) is 194 Å². The topological polar surface area (TPSA) is 189 Å². The molecule has 1 amide bonds. The van der Waals surface area contributed by atoms with E-state index in [9.17, 15) is 40.5 Å². The Morgan fingerprint density at radius 1 is 0.585 bits per heavy atom. The molecule has 1 rings (SSSR count). The van der Waals surface area contributed by atoms with Crippen LogP contribution in [0.4, 0.5) is 0 Å². The number of hydrogen-bond acceptors (Lipinski definition) is 10. The highest BCUT2D eigenvalue weighted by Gasteiger charge is 2.44. The average molecular weight is 762 g/mol. The Hall–Kier alpha value is -0.890. The highest BCUT2D eigenvalue weighted by Crippen LogP contribution is 2.23. The van der Waals surface area contributed by atoms with E-state index in [0.29, 0.717) is 19.3 Å². The summed E-state index contributed by atoms with van der Waals surface area (Å²) in [6.45, 7) is 3.36. The number of aliphatic hydroxyl groups is 7. The van der Waals surface area contributed by atoms with E-state index >= 15 is 0 Å². The van der Waals surface area contributed by atoms with E-state index in [2.05, 4.69) is 19.2 Å². The summed E-state index contributed by atoms with van der Waals surface area (Å²) in [6, 6.07) is -1.16. The number of aliphatic hydroxyl groups excluding tert-OH is 7. The maximum atomic E-state index is 13.0. The van der Waals surface area contributed by atoms with Crippen molar-refractivity contribution in [3.8, 4) is 0 Å². The molecule has 1 aliphatic rings. The quantitative estimate of drug-likeness (QED) is 0.0335. The van der Waals surface area contributed by atoms with Gasteiger partial charge >= 0.3 is 0 Å². The first-order chi connectivity index (χ1) is 25.7. The van der Waals surface area contributed by atoms with Crippen LogP contribution < -0.4 is 5.32 Å². The van der Waals surface area contributed by atoms with Gasteiger partial charge in [0.25, 0.3) is 0 Å². The Bertz CT molecular complexity index is 836. The van der Waals surface area contributed by atoms with Crippen LogP contribution in [-0.2, 0) is 14.3 Å². The van der Waals surface area contributed by atoms with Crippen LogP contribution >= 0.6 is 0 Å². The average Bonchev–Trinajstić information content (AvgIpc) is 3.16. The Kier molecular flexibility index (Phi) is 31.5. The van der Waals surface area contributed by atoms with Gasteiger partial charge in [-0.15, -0.1) is 0 Å². The van der Waals surface area contributed by atoms with Gasteiger partial charge in [-0.3, -0.25) is 4.79 Å². The molecule has 0 bridgehead atoms. The smallest absolute Gasteiger partial charge is 0.249 e. The summed E-state index contributed by atoms with van der Waals surface area (Å²) in [7, 11) is 0. The molecule has 1 fully saturated rings. The van der Waals surface area contributed by atoms with E-state index in [4.69, 9.17) is 9.47 Å². The third-order valence-corrected chi connectivity index (χ3v) is 10.9. The fourth-order valence-corrected chi connectivity index (χ4v) is 7.20. The fraction of sp³-hybridized carbons (Fsp3) is 0.976. The second-order valence-electron chi connectivity index (χ2n) is 15.8. The van der Waals surface area contributed by atoms with Crippen molar-refractivity contribution < 1.29 is 50.0 Å². The molecule has 316 valence electrons. The van der Waals surface area contributed by atoms with Crippen LogP contribution in [0.25, 0.3) is 0 Å². The maximum absolute atomic E-state index is 13.0. The second-order valence-corrected chi connectivity index (χ2v) is 15.8. The maximum Gasteiger partial charge on any atom is 0.249 e. The molecule has 0 aromatic heterocycles. The van der Waals surface area contributed by atoms with Crippen LogP contribution in [0.5, 0.6) is 0 Å². The van der Waals surface area contributed by atoms with Crippen molar-refractivity contribution >= 4 is 5.91 Å². The van der Waals surface area contributed by atoms with Gasteiger partial charge in [0.05, 0.1) is 25.4 Å². The van der Waals surface area contributed by atoms with Crippen LogP contribution in [0.3, 0.4) is 0 Å². The molecule has 9 atom stereocenters.